The molecule has 1 saturated heterocycles. The number of aliphatic carboxylic acids is 1. The summed E-state index contributed by atoms with van der Waals surface area (Å²) in [6, 6.07) is 7.47. The molecule has 0 spiro atoms. The molecule has 1 heterocycles. The zero-order chi connectivity index (χ0) is 16.1. The molecule has 120 valence electrons. The van der Waals surface area contributed by atoms with Gasteiger partial charge >= 0.3 is 5.97 Å². The van der Waals surface area contributed by atoms with Gasteiger partial charge in [-0.2, -0.15) is 0 Å². The Labute approximate surface area is 133 Å². The lowest BCUT2D eigenvalue weighted by atomic mass is 10.2. The van der Waals surface area contributed by atoms with E-state index in [2.05, 4.69) is 0 Å². The van der Waals surface area contributed by atoms with Crippen LogP contribution < -0.4 is 4.74 Å². The maximum Gasteiger partial charge on any atom is 0.334 e. The zero-order valence-corrected chi connectivity index (χ0v) is 13.3. The molecular weight excluding hydrogens is 306 g/mol. The highest BCUT2D eigenvalue weighted by Gasteiger charge is 2.31. The smallest absolute Gasteiger partial charge is 0.334 e. The van der Waals surface area contributed by atoms with E-state index in [1.54, 1.807) is 12.0 Å². The van der Waals surface area contributed by atoms with E-state index < -0.39 is 12.1 Å². The van der Waals surface area contributed by atoms with E-state index in [-0.39, 0.29) is 24.3 Å². The molecule has 2 atom stereocenters. The van der Waals surface area contributed by atoms with Crippen LogP contribution in [0.15, 0.2) is 29.2 Å². The first-order valence-electron chi connectivity index (χ1n) is 6.95. The van der Waals surface area contributed by atoms with Gasteiger partial charge in [0.25, 0.3) is 0 Å². The molecule has 2 rings (SSSR count). The average molecular weight is 325 g/mol. The molecule has 0 aliphatic carbocycles. The van der Waals surface area contributed by atoms with Crippen molar-refractivity contribution in [3.8, 4) is 5.75 Å². The van der Waals surface area contributed by atoms with Crippen LogP contribution in [-0.2, 0) is 14.3 Å². The number of carbonyl (C=O) groups is 2. The standard InChI is InChI=1S/C15H19NO5S/c1-10(22-12-5-3-11(20-2)4-6-12)14(17)16-7-8-21-13(9-16)15(18)19/h3-6,10,13H,7-9H2,1-2H3,(H,18,19). The number of hydrogen-bond donors (Lipinski definition) is 1. The van der Waals surface area contributed by atoms with Crippen molar-refractivity contribution in [1.82, 2.24) is 4.90 Å². The lowest BCUT2D eigenvalue weighted by Crippen LogP contribution is -2.50. The molecule has 1 aromatic carbocycles. The second-order valence-corrected chi connectivity index (χ2v) is 6.33. The number of carbonyl (C=O) groups excluding carboxylic acids is 1. The van der Waals surface area contributed by atoms with Crippen LogP contribution in [0, 0.1) is 0 Å². The number of carboxylic acid groups (broad SMARTS) is 1. The summed E-state index contributed by atoms with van der Waals surface area (Å²) in [5.41, 5.74) is 0. The Kier molecular flexibility index (Phi) is 5.68. The number of hydrogen-bond acceptors (Lipinski definition) is 5. The van der Waals surface area contributed by atoms with Crippen molar-refractivity contribution in [3.05, 3.63) is 24.3 Å². The van der Waals surface area contributed by atoms with Crippen molar-refractivity contribution >= 4 is 23.6 Å². The summed E-state index contributed by atoms with van der Waals surface area (Å²) in [4.78, 5) is 25.9. The van der Waals surface area contributed by atoms with E-state index >= 15 is 0 Å². The second-order valence-electron chi connectivity index (χ2n) is 4.92. The van der Waals surface area contributed by atoms with Gasteiger partial charge in [0.1, 0.15) is 5.75 Å². The number of rotatable bonds is 5. The van der Waals surface area contributed by atoms with Crippen LogP contribution in [0.2, 0.25) is 0 Å². The Morgan fingerprint density at radius 3 is 2.68 bits per heavy atom. The lowest BCUT2D eigenvalue weighted by molar-refractivity contribution is -0.159. The highest BCUT2D eigenvalue weighted by Crippen LogP contribution is 2.26. The Morgan fingerprint density at radius 2 is 2.09 bits per heavy atom. The molecule has 1 aliphatic heterocycles. The second kappa shape index (κ2) is 7.51. The molecule has 2 unspecified atom stereocenters. The van der Waals surface area contributed by atoms with Crippen LogP contribution >= 0.6 is 11.8 Å². The van der Waals surface area contributed by atoms with E-state index in [9.17, 15) is 9.59 Å². The predicted octanol–water partition coefficient (Wildman–Crippen LogP) is 1.49. The van der Waals surface area contributed by atoms with Gasteiger partial charge in [0, 0.05) is 11.4 Å². The van der Waals surface area contributed by atoms with Crippen molar-refractivity contribution in [3.63, 3.8) is 0 Å². The van der Waals surface area contributed by atoms with Gasteiger partial charge in [0.15, 0.2) is 6.10 Å². The highest BCUT2D eigenvalue weighted by atomic mass is 32.2. The van der Waals surface area contributed by atoms with E-state index in [1.807, 2.05) is 31.2 Å². The minimum absolute atomic E-state index is 0.0737. The number of ether oxygens (including phenoxy) is 2. The SMILES string of the molecule is COc1ccc(SC(C)C(=O)N2CCOC(C(=O)O)C2)cc1. The molecule has 1 amide bonds. The van der Waals surface area contributed by atoms with Crippen molar-refractivity contribution in [1.29, 1.82) is 0 Å². The molecule has 1 aliphatic rings. The minimum atomic E-state index is -1.03. The summed E-state index contributed by atoms with van der Waals surface area (Å²) in [6.07, 6.45) is -0.934. The molecule has 0 radical (unpaired) electrons. The number of nitrogens with zero attached hydrogens (tertiary/aromatic N) is 1. The van der Waals surface area contributed by atoms with Crippen molar-refractivity contribution in [2.75, 3.05) is 26.8 Å². The number of benzene rings is 1. The van der Waals surface area contributed by atoms with Gasteiger partial charge in [-0.3, -0.25) is 4.79 Å². The van der Waals surface area contributed by atoms with Gasteiger partial charge in [0.2, 0.25) is 5.91 Å². The summed E-state index contributed by atoms with van der Waals surface area (Å²) < 4.78 is 10.2. The fourth-order valence-corrected chi connectivity index (χ4v) is 3.12. The Balaban J connectivity index is 1.94. The Bertz CT molecular complexity index is 533. The lowest BCUT2D eigenvalue weighted by Gasteiger charge is -2.32. The van der Waals surface area contributed by atoms with Gasteiger partial charge in [0.05, 0.1) is 25.5 Å². The number of carboxylic acids is 1. The topological polar surface area (TPSA) is 76.1 Å². The van der Waals surface area contributed by atoms with Gasteiger partial charge < -0.3 is 19.5 Å². The summed E-state index contributed by atoms with van der Waals surface area (Å²) in [6.45, 7) is 2.60. The molecule has 0 bridgehead atoms. The van der Waals surface area contributed by atoms with Crippen LogP contribution in [0.4, 0.5) is 0 Å². The molecule has 7 heteroatoms. The molecule has 0 aromatic heterocycles. The van der Waals surface area contributed by atoms with Crippen molar-refractivity contribution in [2.24, 2.45) is 0 Å². The highest BCUT2D eigenvalue weighted by molar-refractivity contribution is 8.00. The van der Waals surface area contributed by atoms with Gasteiger partial charge in [-0.1, -0.05) is 0 Å². The van der Waals surface area contributed by atoms with Gasteiger partial charge in [-0.15, -0.1) is 11.8 Å². The summed E-state index contributed by atoms with van der Waals surface area (Å²) in [7, 11) is 1.60. The fourth-order valence-electron chi connectivity index (χ4n) is 2.16. The normalized spacial score (nSPS) is 19.5. The molecule has 0 saturated carbocycles. The van der Waals surface area contributed by atoms with E-state index in [1.165, 1.54) is 11.8 Å². The van der Waals surface area contributed by atoms with E-state index in [0.29, 0.717) is 6.54 Å². The van der Waals surface area contributed by atoms with Crippen LogP contribution in [0.25, 0.3) is 0 Å². The molecular formula is C15H19NO5S. The number of thioether (sulfide) groups is 1. The number of amides is 1. The third kappa shape index (κ3) is 4.14. The Hall–Kier alpha value is -1.73. The monoisotopic (exact) mass is 325 g/mol. The van der Waals surface area contributed by atoms with Crippen LogP contribution in [0.5, 0.6) is 5.75 Å². The van der Waals surface area contributed by atoms with Crippen molar-refractivity contribution < 1.29 is 24.2 Å². The van der Waals surface area contributed by atoms with Gasteiger partial charge in [-0.05, 0) is 31.2 Å². The molecule has 22 heavy (non-hydrogen) atoms. The first kappa shape index (κ1) is 16.6. The first-order valence-corrected chi connectivity index (χ1v) is 7.83. The largest absolute Gasteiger partial charge is 0.497 e. The fraction of sp³-hybridized carbons (Fsp3) is 0.467. The average Bonchev–Trinajstić information content (AvgIpc) is 2.54. The van der Waals surface area contributed by atoms with Crippen molar-refractivity contribution in [2.45, 2.75) is 23.2 Å². The third-order valence-electron chi connectivity index (χ3n) is 3.37. The molecule has 1 N–H and O–H groups in total. The quantitative estimate of drug-likeness (QED) is 0.827. The summed E-state index contributed by atoms with van der Waals surface area (Å²) in [5.74, 6) is -0.343. The molecule has 6 nitrogen and oxygen atoms in total. The van der Waals surface area contributed by atoms with Crippen LogP contribution in [0.3, 0.4) is 0 Å². The molecule has 1 aromatic rings. The summed E-state index contributed by atoms with van der Waals surface area (Å²) in [5, 5.41) is 8.69. The predicted molar refractivity (Wildman–Crippen MR) is 82.3 cm³/mol. The maximum absolute atomic E-state index is 12.4. The van der Waals surface area contributed by atoms with Gasteiger partial charge in [-0.25, -0.2) is 4.79 Å². The Morgan fingerprint density at radius 1 is 1.41 bits per heavy atom. The van der Waals surface area contributed by atoms with Crippen LogP contribution in [0.1, 0.15) is 6.92 Å². The molecule has 1 fully saturated rings. The number of morpholine rings is 1. The number of methoxy groups -OCH3 is 1. The minimum Gasteiger partial charge on any atom is -0.497 e. The van der Waals surface area contributed by atoms with E-state index in [4.69, 9.17) is 14.6 Å². The first-order chi connectivity index (χ1) is 10.5. The summed E-state index contributed by atoms with van der Waals surface area (Å²) >= 11 is 1.44. The maximum atomic E-state index is 12.4. The van der Waals surface area contributed by atoms with E-state index in [0.717, 1.165) is 10.6 Å². The third-order valence-corrected chi connectivity index (χ3v) is 4.47. The van der Waals surface area contributed by atoms with Crippen LogP contribution in [-0.4, -0.2) is 60.0 Å². The zero-order valence-electron chi connectivity index (χ0n) is 12.5.